The fourth-order valence-corrected chi connectivity index (χ4v) is 5.44. The molecule has 0 aromatic heterocycles. The Kier molecular flexibility index (Phi) is 8.94. The summed E-state index contributed by atoms with van der Waals surface area (Å²) in [5.41, 5.74) is 4.45. The molecule has 0 aliphatic rings. The summed E-state index contributed by atoms with van der Waals surface area (Å²) in [7, 11) is -1.12. The lowest BCUT2D eigenvalue weighted by molar-refractivity contribution is -0.119. The molecule has 1 N–H and O–H groups in total. The van der Waals surface area contributed by atoms with Crippen LogP contribution in [0.2, 0.25) is 0 Å². The van der Waals surface area contributed by atoms with Gasteiger partial charge in [-0.15, -0.1) is 0 Å². The van der Waals surface area contributed by atoms with Crippen molar-refractivity contribution in [3.63, 3.8) is 0 Å². The topological polar surface area (TPSA) is 97.3 Å². The fraction of sp³-hybridized carbons (Fsp3) is 0.286. The lowest BCUT2D eigenvalue weighted by atomic mass is 9.80. The molecule has 9 heteroatoms. The Bertz CT molecular complexity index is 1340. The zero-order valence-corrected chi connectivity index (χ0v) is 22.6. The quantitative estimate of drug-likeness (QED) is 0.289. The highest BCUT2D eigenvalue weighted by atomic mass is 32.2. The summed E-state index contributed by atoms with van der Waals surface area (Å²) in [5.74, 6) is 0.200. The largest absolute Gasteiger partial charge is 0.493 e. The van der Waals surface area contributed by atoms with Gasteiger partial charge in [0.05, 0.1) is 24.8 Å². The van der Waals surface area contributed by atoms with Gasteiger partial charge >= 0.3 is 0 Å². The number of ether oxygens (including phenoxy) is 2. The lowest BCUT2D eigenvalue weighted by Crippen LogP contribution is -2.39. The predicted molar refractivity (Wildman–Crippen MR) is 146 cm³/mol. The van der Waals surface area contributed by atoms with Crippen molar-refractivity contribution in [2.24, 2.45) is 5.10 Å². The molecule has 0 bridgehead atoms. The Morgan fingerprint density at radius 1 is 0.919 bits per heavy atom. The molecule has 3 aromatic carbocycles. The third-order valence-corrected chi connectivity index (χ3v) is 7.69. The maximum absolute atomic E-state index is 13.5. The first-order valence-corrected chi connectivity index (χ1v) is 13.2. The van der Waals surface area contributed by atoms with Crippen molar-refractivity contribution >= 4 is 27.3 Å². The van der Waals surface area contributed by atoms with E-state index in [-0.39, 0.29) is 16.0 Å². The van der Waals surface area contributed by atoms with E-state index in [0.717, 1.165) is 9.87 Å². The average Bonchev–Trinajstić information content (AvgIpc) is 2.90. The van der Waals surface area contributed by atoms with Crippen molar-refractivity contribution in [1.29, 1.82) is 0 Å². The van der Waals surface area contributed by atoms with Crippen LogP contribution in [0.1, 0.15) is 32.8 Å². The van der Waals surface area contributed by atoms with Crippen LogP contribution < -0.4 is 19.2 Å². The molecule has 0 aliphatic carbocycles. The van der Waals surface area contributed by atoms with Gasteiger partial charge in [0.1, 0.15) is 6.54 Å². The maximum Gasteiger partial charge on any atom is 0.264 e. The average molecular weight is 524 g/mol. The molecule has 0 heterocycles. The van der Waals surface area contributed by atoms with Crippen LogP contribution >= 0.6 is 0 Å². The molecule has 0 radical (unpaired) electrons. The highest BCUT2D eigenvalue weighted by molar-refractivity contribution is 7.92. The van der Waals surface area contributed by atoms with Crippen LogP contribution in [-0.4, -0.2) is 40.8 Å². The van der Waals surface area contributed by atoms with Crippen LogP contribution in [0.25, 0.3) is 0 Å². The number of methoxy groups -OCH3 is 2. The summed E-state index contributed by atoms with van der Waals surface area (Å²) in [6.45, 7) is 5.56. The molecule has 0 saturated carbocycles. The predicted octanol–water partition coefficient (Wildman–Crippen LogP) is 4.76. The molecule has 3 aromatic rings. The number of hydrazone groups is 1. The van der Waals surface area contributed by atoms with E-state index in [0.29, 0.717) is 23.6 Å². The smallest absolute Gasteiger partial charge is 0.264 e. The third-order valence-electron chi connectivity index (χ3n) is 5.90. The first-order valence-electron chi connectivity index (χ1n) is 11.8. The normalized spacial score (nSPS) is 12.1. The number of nitrogens with zero attached hydrogens (tertiary/aromatic N) is 2. The second-order valence-electron chi connectivity index (χ2n) is 9.17. The van der Waals surface area contributed by atoms with Crippen LogP contribution in [0, 0.1) is 0 Å². The first-order chi connectivity index (χ1) is 17.6. The van der Waals surface area contributed by atoms with Gasteiger partial charge in [0.15, 0.2) is 11.5 Å². The second kappa shape index (κ2) is 11.9. The molecule has 196 valence electrons. The number of rotatable bonds is 11. The number of hydrogen-bond donors (Lipinski definition) is 1. The van der Waals surface area contributed by atoms with Gasteiger partial charge in [-0.3, -0.25) is 9.10 Å². The minimum atomic E-state index is -4.07. The molecule has 0 atom stereocenters. The van der Waals surface area contributed by atoms with E-state index in [1.807, 2.05) is 25.1 Å². The van der Waals surface area contributed by atoms with E-state index in [1.54, 1.807) is 30.3 Å². The number of hydrogen-bond acceptors (Lipinski definition) is 6. The maximum atomic E-state index is 13.5. The van der Waals surface area contributed by atoms with Crippen LogP contribution in [0.4, 0.5) is 5.69 Å². The summed E-state index contributed by atoms with van der Waals surface area (Å²) in [5, 5.41) is 4.25. The molecule has 3 rings (SSSR count). The Labute approximate surface area is 219 Å². The summed E-state index contributed by atoms with van der Waals surface area (Å²) in [6, 6.07) is 22.7. The van der Waals surface area contributed by atoms with E-state index in [1.165, 1.54) is 32.4 Å². The van der Waals surface area contributed by atoms with Gasteiger partial charge in [-0.25, -0.2) is 13.8 Å². The number of amides is 1. The third kappa shape index (κ3) is 6.89. The van der Waals surface area contributed by atoms with Crippen molar-refractivity contribution in [3.05, 3.63) is 84.4 Å². The summed E-state index contributed by atoms with van der Waals surface area (Å²) in [6.07, 6.45) is 0.610. The van der Waals surface area contributed by atoms with Crippen LogP contribution in [0.5, 0.6) is 11.5 Å². The molecule has 0 unspecified atom stereocenters. The highest BCUT2D eigenvalue weighted by Gasteiger charge is 2.28. The van der Waals surface area contributed by atoms with Gasteiger partial charge < -0.3 is 9.47 Å². The molecular weight excluding hydrogens is 490 g/mol. The molecule has 1 amide bonds. The van der Waals surface area contributed by atoms with Crippen molar-refractivity contribution in [3.8, 4) is 11.5 Å². The van der Waals surface area contributed by atoms with Crippen molar-refractivity contribution < 1.29 is 22.7 Å². The van der Waals surface area contributed by atoms with Crippen LogP contribution in [-0.2, 0) is 20.2 Å². The number of carbonyl (C=O) groups is 1. The standard InChI is InChI=1S/C28H33N3O5S/c1-21(19-28(2,3)22-12-8-6-9-13-22)29-30-27(32)20-31(37(33,34)24-14-10-7-11-15-24)23-16-17-25(35-4)26(18-23)36-5/h6-18H,19-20H2,1-5H3,(H,30,32)/b29-21-. The van der Waals surface area contributed by atoms with Crippen LogP contribution in [0.15, 0.2) is 88.9 Å². The molecule has 0 fully saturated rings. The molecule has 0 spiro atoms. The Balaban J connectivity index is 1.85. The van der Waals surface area contributed by atoms with Crippen molar-refractivity contribution in [1.82, 2.24) is 5.43 Å². The van der Waals surface area contributed by atoms with Gasteiger partial charge in [0.2, 0.25) is 0 Å². The van der Waals surface area contributed by atoms with Gasteiger partial charge in [0, 0.05) is 11.8 Å². The van der Waals surface area contributed by atoms with Gasteiger partial charge in [-0.2, -0.15) is 5.10 Å². The number of nitrogens with one attached hydrogen (secondary N) is 1. The van der Waals surface area contributed by atoms with Crippen LogP contribution in [0.3, 0.4) is 0 Å². The number of carbonyl (C=O) groups excluding carboxylic acids is 1. The van der Waals surface area contributed by atoms with Crippen molar-refractivity contribution in [2.45, 2.75) is 37.5 Å². The number of benzene rings is 3. The number of anilines is 1. The Morgan fingerprint density at radius 3 is 2.11 bits per heavy atom. The van der Waals surface area contributed by atoms with E-state index in [4.69, 9.17) is 9.47 Å². The molecular formula is C28H33N3O5S. The van der Waals surface area contributed by atoms with E-state index < -0.39 is 22.5 Å². The zero-order valence-electron chi connectivity index (χ0n) is 21.8. The summed E-state index contributed by atoms with van der Waals surface area (Å²) >= 11 is 0. The molecule has 37 heavy (non-hydrogen) atoms. The van der Waals surface area contributed by atoms with E-state index in [2.05, 4.69) is 36.5 Å². The molecule has 0 aliphatic heterocycles. The van der Waals surface area contributed by atoms with E-state index in [9.17, 15) is 13.2 Å². The monoisotopic (exact) mass is 523 g/mol. The van der Waals surface area contributed by atoms with E-state index >= 15 is 0 Å². The van der Waals surface area contributed by atoms with Gasteiger partial charge in [-0.1, -0.05) is 62.4 Å². The Morgan fingerprint density at radius 2 is 1.51 bits per heavy atom. The lowest BCUT2D eigenvalue weighted by Gasteiger charge is -2.25. The second-order valence-corrected chi connectivity index (χ2v) is 11.0. The molecule has 8 nitrogen and oxygen atoms in total. The SMILES string of the molecule is COc1ccc(N(CC(=O)N/N=C(/C)CC(C)(C)c2ccccc2)S(=O)(=O)c2ccccc2)cc1OC. The minimum Gasteiger partial charge on any atom is -0.493 e. The first kappa shape index (κ1) is 27.7. The van der Waals surface area contributed by atoms with Gasteiger partial charge in [-0.05, 0) is 48.6 Å². The zero-order chi connectivity index (χ0) is 27.1. The summed E-state index contributed by atoms with van der Waals surface area (Å²) < 4.78 is 38.7. The fourth-order valence-electron chi connectivity index (χ4n) is 4.01. The molecule has 0 saturated heterocycles. The summed E-state index contributed by atoms with van der Waals surface area (Å²) in [4.78, 5) is 13.0. The Hall–Kier alpha value is -3.85. The van der Waals surface area contributed by atoms with Crippen molar-refractivity contribution in [2.75, 3.05) is 25.1 Å². The minimum absolute atomic E-state index is 0.0573. The van der Waals surface area contributed by atoms with Gasteiger partial charge in [0.25, 0.3) is 15.9 Å². The highest BCUT2D eigenvalue weighted by Crippen LogP contribution is 2.33. The number of sulfonamides is 1.